The first-order valence-corrected chi connectivity index (χ1v) is 11.4. The fourth-order valence-electron chi connectivity index (χ4n) is 3.51. The molecular weight excluding hydrogens is 420 g/mol. The van der Waals surface area contributed by atoms with Crippen molar-refractivity contribution in [3.05, 3.63) is 46.6 Å². The normalized spacial score (nSPS) is 11.8. The smallest absolute Gasteiger partial charge is 0.309 e. The molecule has 6 N–H and O–H groups in total. The Balaban J connectivity index is 1.90. The van der Waals surface area contributed by atoms with E-state index in [1.165, 1.54) is 7.11 Å². The number of benzene rings is 1. The highest BCUT2D eigenvalue weighted by Gasteiger charge is 2.17. The number of rotatable bonds is 14. The second kappa shape index (κ2) is 13.5. The molecule has 0 amide bonds. The summed E-state index contributed by atoms with van der Waals surface area (Å²) < 4.78 is 4.68. The van der Waals surface area contributed by atoms with Gasteiger partial charge in [-0.25, -0.2) is 4.98 Å². The minimum absolute atomic E-state index is 0.109. The lowest BCUT2D eigenvalue weighted by atomic mass is 10.0. The summed E-state index contributed by atoms with van der Waals surface area (Å²) in [5.74, 6) is 0.448. The zero-order valence-electron chi connectivity index (χ0n) is 19.8. The van der Waals surface area contributed by atoms with Crippen LogP contribution in [0.25, 0.3) is 0 Å². The van der Waals surface area contributed by atoms with Gasteiger partial charge in [-0.3, -0.25) is 14.9 Å². The van der Waals surface area contributed by atoms with Crippen LogP contribution < -0.4 is 22.1 Å². The maximum absolute atomic E-state index is 12.7. The largest absolute Gasteiger partial charge is 0.469 e. The van der Waals surface area contributed by atoms with Crippen molar-refractivity contribution in [1.29, 1.82) is 0 Å². The molecule has 0 saturated carbocycles. The van der Waals surface area contributed by atoms with E-state index >= 15 is 0 Å². The molecular formula is C24H36N6O3. The van der Waals surface area contributed by atoms with Crippen molar-refractivity contribution >= 4 is 23.5 Å². The lowest BCUT2D eigenvalue weighted by Gasteiger charge is -2.16. The van der Waals surface area contributed by atoms with E-state index in [1.54, 1.807) is 24.3 Å². The summed E-state index contributed by atoms with van der Waals surface area (Å²) in [5.41, 5.74) is 14.9. The average Bonchev–Trinajstić information content (AvgIpc) is 2.80. The van der Waals surface area contributed by atoms with Gasteiger partial charge < -0.3 is 21.5 Å². The number of hydrogen-bond acceptors (Lipinski definition) is 9. The van der Waals surface area contributed by atoms with Crippen molar-refractivity contribution in [3.8, 4) is 0 Å². The number of nitrogen functional groups attached to an aromatic ring is 1. The second-order valence-corrected chi connectivity index (χ2v) is 7.98. The number of anilines is 2. The van der Waals surface area contributed by atoms with Gasteiger partial charge in [-0.05, 0) is 44.4 Å². The van der Waals surface area contributed by atoms with Gasteiger partial charge in [0.15, 0.2) is 5.78 Å². The third-order valence-corrected chi connectivity index (χ3v) is 5.34. The zero-order chi connectivity index (χ0) is 24.2. The van der Waals surface area contributed by atoms with Crippen LogP contribution in [-0.2, 0) is 22.4 Å². The molecule has 1 atom stereocenters. The van der Waals surface area contributed by atoms with Gasteiger partial charge in [0, 0.05) is 23.4 Å². The van der Waals surface area contributed by atoms with E-state index in [2.05, 4.69) is 32.3 Å². The van der Waals surface area contributed by atoms with Crippen LogP contribution >= 0.6 is 0 Å². The van der Waals surface area contributed by atoms with Gasteiger partial charge in [0.2, 0.25) is 5.95 Å². The van der Waals surface area contributed by atoms with E-state index in [4.69, 9.17) is 11.5 Å². The van der Waals surface area contributed by atoms with Crippen molar-refractivity contribution < 1.29 is 14.3 Å². The molecule has 33 heavy (non-hydrogen) atoms. The topological polar surface area (TPSA) is 145 Å². The number of aromatic nitrogens is 2. The molecule has 0 saturated heterocycles. The molecule has 0 aliphatic rings. The number of Topliss-reactive ketones (excluding diaryl/α,β-unsaturated/α-hetero) is 1. The number of hydrogen-bond donors (Lipinski definition) is 4. The number of aryl methyl sites for hydroxylation is 1. The summed E-state index contributed by atoms with van der Waals surface area (Å²) in [5, 5.41) is 6.46. The minimum Gasteiger partial charge on any atom is -0.469 e. The zero-order valence-corrected chi connectivity index (χ0v) is 19.8. The summed E-state index contributed by atoms with van der Waals surface area (Å²) in [7, 11) is 1.33. The Morgan fingerprint density at radius 1 is 1.15 bits per heavy atom. The Hall–Kier alpha value is -3.04. The van der Waals surface area contributed by atoms with Crippen molar-refractivity contribution in [1.82, 2.24) is 15.3 Å². The van der Waals surface area contributed by atoms with Crippen molar-refractivity contribution in [2.24, 2.45) is 5.73 Å². The van der Waals surface area contributed by atoms with E-state index in [0.717, 1.165) is 55.7 Å². The molecule has 180 valence electrons. The molecule has 0 fully saturated rings. The van der Waals surface area contributed by atoms with E-state index in [-0.39, 0.29) is 24.1 Å². The molecule has 1 aromatic carbocycles. The van der Waals surface area contributed by atoms with Crippen molar-refractivity contribution in [3.63, 3.8) is 0 Å². The molecule has 1 aromatic heterocycles. The third-order valence-electron chi connectivity index (χ3n) is 5.34. The predicted molar refractivity (Wildman–Crippen MR) is 130 cm³/mol. The van der Waals surface area contributed by atoms with Gasteiger partial charge in [0.05, 0.1) is 13.5 Å². The number of carbonyl (C=O) groups excluding carboxylic acids is 2. The Morgan fingerprint density at radius 3 is 2.67 bits per heavy atom. The van der Waals surface area contributed by atoms with Gasteiger partial charge in [-0.1, -0.05) is 38.0 Å². The van der Waals surface area contributed by atoms with E-state index in [0.29, 0.717) is 17.7 Å². The fourth-order valence-corrected chi connectivity index (χ4v) is 3.51. The first-order chi connectivity index (χ1) is 15.8. The van der Waals surface area contributed by atoms with Crippen molar-refractivity contribution in [2.45, 2.75) is 58.5 Å². The molecule has 0 radical (unpaired) electrons. The molecule has 2 rings (SSSR count). The van der Waals surface area contributed by atoms with Crippen LogP contribution in [0.1, 0.15) is 59.8 Å². The summed E-state index contributed by atoms with van der Waals surface area (Å²) in [6.07, 6.45) is 4.12. The molecule has 1 heterocycles. The van der Waals surface area contributed by atoms with Crippen LogP contribution in [0.4, 0.5) is 11.8 Å². The van der Waals surface area contributed by atoms with Crippen LogP contribution in [-0.4, -0.2) is 48.1 Å². The van der Waals surface area contributed by atoms with Gasteiger partial charge in [-0.2, -0.15) is 4.98 Å². The number of esters is 1. The highest BCUT2D eigenvalue weighted by Crippen LogP contribution is 2.19. The van der Waals surface area contributed by atoms with Gasteiger partial charge in [-0.15, -0.1) is 0 Å². The second-order valence-electron chi connectivity index (χ2n) is 7.98. The van der Waals surface area contributed by atoms with Crippen LogP contribution in [0.5, 0.6) is 0 Å². The molecule has 0 bridgehead atoms. The summed E-state index contributed by atoms with van der Waals surface area (Å²) in [6, 6.07) is 6.87. The minimum atomic E-state index is -0.839. The van der Waals surface area contributed by atoms with Crippen LogP contribution in [0.15, 0.2) is 24.3 Å². The summed E-state index contributed by atoms with van der Waals surface area (Å²) >= 11 is 0. The standard InChI is InChI=1S/C24H36N6O3/c1-4-5-6-12-28-23-19(16(2)29-24(26)30-23)11-8-13-27-22(25)21(32)18-10-7-9-17(14-18)15-20(31)33-3/h7,9-10,14,22,27H,4-6,8,11-13,15,25H2,1-3H3,(H3,26,28,29,30). The molecule has 9 heteroatoms. The molecule has 2 aromatic rings. The third kappa shape index (κ3) is 8.43. The van der Waals surface area contributed by atoms with Crippen molar-refractivity contribution in [2.75, 3.05) is 31.2 Å². The Morgan fingerprint density at radius 2 is 1.94 bits per heavy atom. The number of nitrogens with two attached hydrogens (primary N) is 2. The maximum atomic E-state index is 12.7. The number of nitrogens with zero attached hydrogens (tertiary/aromatic N) is 2. The number of unbranched alkanes of at least 4 members (excludes halogenated alkanes) is 2. The monoisotopic (exact) mass is 456 g/mol. The molecule has 0 spiro atoms. The van der Waals surface area contributed by atoms with Gasteiger partial charge in [0.1, 0.15) is 12.0 Å². The number of ketones is 1. The fraction of sp³-hybridized carbons (Fsp3) is 0.500. The average molecular weight is 457 g/mol. The molecule has 1 unspecified atom stereocenters. The number of ether oxygens (including phenoxy) is 1. The van der Waals surface area contributed by atoms with Crippen LogP contribution in [0.2, 0.25) is 0 Å². The molecule has 0 aliphatic carbocycles. The first-order valence-electron chi connectivity index (χ1n) is 11.4. The lowest BCUT2D eigenvalue weighted by molar-refractivity contribution is -0.139. The van der Waals surface area contributed by atoms with Gasteiger partial charge >= 0.3 is 5.97 Å². The number of nitrogens with one attached hydrogen (secondary N) is 2. The summed E-state index contributed by atoms with van der Waals surface area (Å²) in [4.78, 5) is 32.8. The highest BCUT2D eigenvalue weighted by atomic mass is 16.5. The SMILES string of the molecule is CCCCCNc1nc(N)nc(C)c1CCCNC(N)C(=O)c1cccc(CC(=O)OC)c1. The molecule has 0 aliphatic heterocycles. The number of carbonyl (C=O) groups is 2. The van der Waals surface area contributed by atoms with E-state index in [1.807, 2.05) is 6.92 Å². The Bertz CT molecular complexity index is 934. The Labute approximate surface area is 195 Å². The number of methoxy groups -OCH3 is 1. The Kier molecular flexibility index (Phi) is 10.7. The van der Waals surface area contributed by atoms with Gasteiger partial charge in [0.25, 0.3) is 0 Å². The predicted octanol–water partition coefficient (Wildman–Crippen LogP) is 2.37. The lowest BCUT2D eigenvalue weighted by Crippen LogP contribution is -2.44. The summed E-state index contributed by atoms with van der Waals surface area (Å²) in [6.45, 7) is 5.48. The van der Waals surface area contributed by atoms with E-state index in [9.17, 15) is 9.59 Å². The molecule has 9 nitrogen and oxygen atoms in total. The highest BCUT2D eigenvalue weighted by molar-refractivity contribution is 6.00. The van der Waals surface area contributed by atoms with E-state index < -0.39 is 6.17 Å². The first kappa shape index (κ1) is 26.2. The van der Waals surface area contributed by atoms with Crippen LogP contribution in [0, 0.1) is 6.92 Å². The quantitative estimate of drug-likeness (QED) is 0.146. The maximum Gasteiger partial charge on any atom is 0.309 e. The van der Waals surface area contributed by atoms with Crippen LogP contribution in [0.3, 0.4) is 0 Å².